The van der Waals surface area contributed by atoms with Gasteiger partial charge in [-0.05, 0) is 12.1 Å². The number of cyclic esters (lactones) is 1. The third-order valence-corrected chi connectivity index (χ3v) is 1.95. The number of aliphatic imine (C=N–C) groups is 1. The van der Waals surface area contributed by atoms with Crippen LogP contribution >= 0.6 is 0 Å². The number of carbonyl (C=O) groups is 1. The second-order valence-electron chi connectivity index (χ2n) is 3.54. The van der Waals surface area contributed by atoms with Gasteiger partial charge in [-0.2, -0.15) is 0 Å². The molecule has 4 heteroatoms. The first-order valence-electron chi connectivity index (χ1n) is 4.73. The molecule has 1 aromatic rings. The molecule has 0 radical (unpaired) electrons. The Hall–Kier alpha value is -1.84. The highest BCUT2D eigenvalue weighted by atomic mass is 16.6. The average molecular weight is 205 g/mol. The Morgan fingerprint density at radius 2 is 2.27 bits per heavy atom. The molecule has 0 fully saturated rings. The van der Waals surface area contributed by atoms with E-state index in [1.165, 1.54) is 0 Å². The monoisotopic (exact) mass is 205 g/mol. The molecular weight excluding hydrogens is 194 g/mol. The lowest BCUT2D eigenvalue weighted by atomic mass is 10.2. The van der Waals surface area contributed by atoms with Crippen molar-refractivity contribution in [3.05, 3.63) is 29.9 Å². The molecule has 2 rings (SSSR count). The van der Waals surface area contributed by atoms with E-state index >= 15 is 0 Å². The van der Waals surface area contributed by atoms with Crippen molar-refractivity contribution in [2.45, 2.75) is 13.8 Å². The van der Waals surface area contributed by atoms with E-state index in [2.05, 4.69) is 4.99 Å². The van der Waals surface area contributed by atoms with Gasteiger partial charge in [-0.1, -0.05) is 13.8 Å². The van der Waals surface area contributed by atoms with Gasteiger partial charge >= 0.3 is 5.97 Å². The van der Waals surface area contributed by atoms with E-state index in [-0.39, 0.29) is 11.6 Å². The van der Waals surface area contributed by atoms with E-state index in [4.69, 9.17) is 9.15 Å². The van der Waals surface area contributed by atoms with Crippen molar-refractivity contribution >= 4 is 17.9 Å². The van der Waals surface area contributed by atoms with Gasteiger partial charge in [-0.15, -0.1) is 0 Å². The van der Waals surface area contributed by atoms with Crippen molar-refractivity contribution in [3.63, 3.8) is 0 Å². The molecule has 4 nitrogen and oxygen atoms in total. The summed E-state index contributed by atoms with van der Waals surface area (Å²) < 4.78 is 10.1. The van der Waals surface area contributed by atoms with Gasteiger partial charge in [0, 0.05) is 12.0 Å². The normalized spacial score (nSPS) is 18.5. The summed E-state index contributed by atoms with van der Waals surface area (Å²) in [4.78, 5) is 15.5. The predicted molar refractivity (Wildman–Crippen MR) is 55.1 cm³/mol. The molecule has 0 amide bonds. The van der Waals surface area contributed by atoms with Gasteiger partial charge in [-0.25, -0.2) is 9.79 Å². The maximum Gasteiger partial charge on any atom is 0.363 e. The lowest BCUT2D eigenvalue weighted by molar-refractivity contribution is -0.130. The first-order chi connectivity index (χ1) is 7.16. The number of ether oxygens (including phenoxy) is 1. The van der Waals surface area contributed by atoms with Gasteiger partial charge in [0.1, 0.15) is 5.76 Å². The zero-order valence-electron chi connectivity index (χ0n) is 8.56. The summed E-state index contributed by atoms with van der Waals surface area (Å²) in [6.45, 7) is 3.84. The molecule has 0 saturated heterocycles. The Kier molecular flexibility index (Phi) is 2.41. The summed E-state index contributed by atoms with van der Waals surface area (Å²) >= 11 is 0. The average Bonchev–Trinajstić information content (AvgIpc) is 2.77. The Morgan fingerprint density at radius 1 is 1.47 bits per heavy atom. The molecule has 0 aromatic carbocycles. The summed E-state index contributed by atoms with van der Waals surface area (Å²) in [6, 6.07) is 3.50. The third-order valence-electron chi connectivity index (χ3n) is 1.95. The van der Waals surface area contributed by atoms with Gasteiger partial charge in [0.05, 0.1) is 6.26 Å². The topological polar surface area (TPSA) is 51.8 Å². The lowest BCUT2D eigenvalue weighted by Gasteiger charge is -1.99. The fourth-order valence-corrected chi connectivity index (χ4v) is 1.18. The quantitative estimate of drug-likeness (QED) is 0.549. The van der Waals surface area contributed by atoms with Crippen molar-refractivity contribution in [3.8, 4) is 0 Å². The van der Waals surface area contributed by atoms with Crippen LogP contribution in [0.4, 0.5) is 0 Å². The van der Waals surface area contributed by atoms with Crippen LogP contribution < -0.4 is 0 Å². The molecule has 78 valence electrons. The molecule has 0 aliphatic carbocycles. The molecule has 1 aliphatic heterocycles. The van der Waals surface area contributed by atoms with Crippen molar-refractivity contribution in [2.24, 2.45) is 10.9 Å². The summed E-state index contributed by atoms with van der Waals surface area (Å²) in [5, 5.41) is 0. The number of hydrogen-bond acceptors (Lipinski definition) is 4. The van der Waals surface area contributed by atoms with Crippen LogP contribution in [0.3, 0.4) is 0 Å². The lowest BCUT2D eigenvalue weighted by Crippen LogP contribution is -2.09. The molecule has 1 aromatic heterocycles. The SMILES string of the molecule is CC(C)C1=N/C(=C/c2ccco2)C(=O)O1. The van der Waals surface area contributed by atoms with Crippen molar-refractivity contribution in [2.75, 3.05) is 0 Å². The van der Waals surface area contributed by atoms with Crippen LogP contribution in [0.2, 0.25) is 0 Å². The van der Waals surface area contributed by atoms with Crippen LogP contribution in [0.15, 0.2) is 33.5 Å². The fraction of sp³-hybridized carbons (Fsp3) is 0.273. The molecule has 0 unspecified atom stereocenters. The highest BCUT2D eigenvalue weighted by Gasteiger charge is 2.24. The minimum absolute atomic E-state index is 0.108. The fourth-order valence-electron chi connectivity index (χ4n) is 1.18. The molecule has 0 spiro atoms. The summed E-state index contributed by atoms with van der Waals surface area (Å²) in [7, 11) is 0. The highest BCUT2D eigenvalue weighted by Crippen LogP contribution is 2.18. The minimum Gasteiger partial charge on any atom is -0.465 e. The molecule has 1 aliphatic rings. The van der Waals surface area contributed by atoms with Crippen molar-refractivity contribution in [1.82, 2.24) is 0 Å². The van der Waals surface area contributed by atoms with E-state index < -0.39 is 5.97 Å². The van der Waals surface area contributed by atoms with Crippen LogP contribution in [-0.4, -0.2) is 11.9 Å². The second kappa shape index (κ2) is 3.73. The summed E-state index contributed by atoms with van der Waals surface area (Å²) in [5.74, 6) is 0.736. The first kappa shape index (κ1) is 9.71. The first-order valence-corrected chi connectivity index (χ1v) is 4.73. The van der Waals surface area contributed by atoms with Crippen molar-refractivity contribution < 1.29 is 13.9 Å². The molecule has 0 atom stereocenters. The van der Waals surface area contributed by atoms with Gasteiger partial charge in [0.15, 0.2) is 5.70 Å². The third kappa shape index (κ3) is 1.98. The van der Waals surface area contributed by atoms with Crippen molar-refractivity contribution in [1.29, 1.82) is 0 Å². The van der Waals surface area contributed by atoms with Gasteiger partial charge in [0.25, 0.3) is 0 Å². The minimum atomic E-state index is -0.421. The summed E-state index contributed by atoms with van der Waals surface area (Å²) in [5.41, 5.74) is 0.286. The van der Waals surface area contributed by atoms with Crippen LogP contribution in [-0.2, 0) is 9.53 Å². The van der Waals surface area contributed by atoms with Crippen LogP contribution in [0, 0.1) is 5.92 Å². The number of esters is 1. The zero-order valence-corrected chi connectivity index (χ0v) is 8.56. The van der Waals surface area contributed by atoms with Crippen LogP contribution in [0.5, 0.6) is 0 Å². The van der Waals surface area contributed by atoms with E-state index in [1.807, 2.05) is 13.8 Å². The number of furan rings is 1. The van der Waals surface area contributed by atoms with Crippen LogP contribution in [0.1, 0.15) is 19.6 Å². The van der Waals surface area contributed by atoms with Gasteiger partial charge < -0.3 is 9.15 Å². The molecule has 15 heavy (non-hydrogen) atoms. The van der Waals surface area contributed by atoms with E-state index in [9.17, 15) is 4.79 Å². The molecule has 0 bridgehead atoms. The van der Waals surface area contributed by atoms with Gasteiger partial charge in [0.2, 0.25) is 5.90 Å². The number of nitrogens with zero attached hydrogens (tertiary/aromatic N) is 1. The van der Waals surface area contributed by atoms with E-state index in [0.717, 1.165) is 0 Å². The maximum atomic E-state index is 11.4. The molecule has 0 N–H and O–H groups in total. The number of carbonyl (C=O) groups excluding carboxylic acids is 1. The predicted octanol–water partition coefficient (Wildman–Crippen LogP) is 2.23. The maximum absolute atomic E-state index is 11.4. The molecule has 2 heterocycles. The Bertz CT molecular complexity index is 427. The Labute approximate surface area is 87.3 Å². The molecular formula is C11H11NO3. The highest BCUT2D eigenvalue weighted by molar-refractivity contribution is 6.07. The standard InChI is InChI=1S/C11H11NO3/c1-7(2)10-12-9(11(13)15-10)6-8-4-3-5-14-8/h3-7H,1-2H3/b9-6+. The summed E-state index contributed by atoms with van der Waals surface area (Å²) in [6.07, 6.45) is 3.11. The van der Waals surface area contributed by atoms with E-state index in [0.29, 0.717) is 11.7 Å². The smallest absolute Gasteiger partial charge is 0.363 e. The zero-order chi connectivity index (χ0) is 10.8. The largest absolute Gasteiger partial charge is 0.465 e. The van der Waals surface area contributed by atoms with E-state index in [1.54, 1.807) is 24.5 Å². The Morgan fingerprint density at radius 3 is 2.80 bits per heavy atom. The van der Waals surface area contributed by atoms with Crippen LogP contribution in [0.25, 0.3) is 6.08 Å². The number of rotatable bonds is 2. The Balaban J connectivity index is 2.27. The number of hydrogen-bond donors (Lipinski definition) is 0. The second-order valence-corrected chi connectivity index (χ2v) is 3.54. The van der Waals surface area contributed by atoms with Gasteiger partial charge in [-0.3, -0.25) is 0 Å². The molecule has 0 saturated carbocycles.